The van der Waals surface area contributed by atoms with Crippen molar-refractivity contribution < 1.29 is 44.7 Å². The number of carboxylic acid groups (broad SMARTS) is 1. The summed E-state index contributed by atoms with van der Waals surface area (Å²) >= 11 is 1.43. The van der Waals surface area contributed by atoms with Crippen LogP contribution >= 0.6 is 11.8 Å². The van der Waals surface area contributed by atoms with Crippen molar-refractivity contribution >= 4 is 29.5 Å². The number of nitrogens with one attached hydrogen (secondary N) is 1. The Bertz CT molecular complexity index is 1010. The Hall–Kier alpha value is -2.56. The number of hydrogen-bond donors (Lipinski definition) is 8. The Morgan fingerprint density at radius 2 is 1.86 bits per heavy atom. The zero-order chi connectivity index (χ0) is 26.7. The van der Waals surface area contributed by atoms with Crippen molar-refractivity contribution in [3.05, 3.63) is 47.2 Å². The number of nitrogens with zero attached hydrogens (tertiary/aromatic N) is 1. The molecule has 1 aromatic rings. The summed E-state index contributed by atoms with van der Waals surface area (Å²) in [5.74, 6) is -1.50. The van der Waals surface area contributed by atoms with Gasteiger partial charge in [0.2, 0.25) is 5.91 Å². The van der Waals surface area contributed by atoms with Gasteiger partial charge in [0.15, 0.2) is 6.29 Å². The number of β-lactam (4-membered cyclic amide) rings is 1. The third kappa shape index (κ3) is 5.55. The van der Waals surface area contributed by atoms with Gasteiger partial charge < -0.3 is 47.1 Å². The molecule has 0 spiro atoms. The molecule has 36 heavy (non-hydrogen) atoms. The second-order valence-corrected chi connectivity index (χ2v) is 9.63. The summed E-state index contributed by atoms with van der Waals surface area (Å²) in [4.78, 5) is 37.2. The van der Waals surface area contributed by atoms with Gasteiger partial charge in [-0.3, -0.25) is 14.5 Å². The number of aliphatic hydroxyl groups is 4. The first-order valence-electron chi connectivity index (χ1n) is 11.0. The number of fused-ring (bicyclic) bond motifs is 1. The van der Waals surface area contributed by atoms with Crippen LogP contribution in [0.1, 0.15) is 18.5 Å². The number of carbonyl (C=O) groups excluding carboxylic acids is 2. The predicted molar refractivity (Wildman–Crippen MR) is 127 cm³/mol. The summed E-state index contributed by atoms with van der Waals surface area (Å²) in [6.45, 7) is 1.22. The molecule has 0 unspecified atom stereocenters. The number of carbonyl (C=O) groups is 3. The average Bonchev–Trinajstić information content (AvgIpc) is 2.88. The fourth-order valence-electron chi connectivity index (χ4n) is 3.95. The Balaban J connectivity index is 0.000000253. The molecule has 0 radical (unpaired) electrons. The molecule has 3 heterocycles. The van der Waals surface area contributed by atoms with E-state index in [1.54, 1.807) is 31.2 Å². The number of amides is 2. The highest BCUT2D eigenvalue weighted by molar-refractivity contribution is 8.00. The third-order valence-electron chi connectivity index (χ3n) is 6.05. The lowest BCUT2D eigenvalue weighted by molar-refractivity contribution is -0.248. The van der Waals surface area contributed by atoms with Gasteiger partial charge >= 0.3 is 5.97 Å². The highest BCUT2D eigenvalue weighted by Crippen LogP contribution is 2.40. The topological polar surface area (TPSA) is 229 Å². The van der Waals surface area contributed by atoms with Crippen molar-refractivity contribution in [3.63, 3.8) is 0 Å². The number of hydrogen-bond acceptors (Lipinski definition) is 11. The quantitative estimate of drug-likeness (QED) is 0.182. The van der Waals surface area contributed by atoms with Crippen LogP contribution in [0.25, 0.3) is 0 Å². The summed E-state index contributed by atoms with van der Waals surface area (Å²) in [7, 11) is 0. The SMILES string of the molecule is CC1=C(C(=O)O)N2C(=O)[C@@H](NC(=O)[C@H](N)c3ccccc3)[C@H]2SC1.N[C@@H]1[C@@H](O)[C@H](O)[C@@H](CO)O[C@H]1O. The molecule has 2 fully saturated rings. The molecule has 13 nitrogen and oxygen atoms in total. The van der Waals surface area contributed by atoms with Crippen LogP contribution in [0.5, 0.6) is 0 Å². The van der Waals surface area contributed by atoms with Crippen LogP contribution in [0.4, 0.5) is 0 Å². The zero-order valence-electron chi connectivity index (χ0n) is 19.3. The molecule has 14 heteroatoms. The predicted octanol–water partition coefficient (Wildman–Crippen LogP) is -2.81. The number of thioether (sulfide) groups is 1. The Labute approximate surface area is 210 Å². The van der Waals surface area contributed by atoms with Crippen molar-refractivity contribution in [1.29, 1.82) is 0 Å². The molecule has 3 aliphatic rings. The fraction of sp³-hybridized carbons (Fsp3) is 0.500. The van der Waals surface area contributed by atoms with Gasteiger partial charge in [-0.15, -0.1) is 11.8 Å². The van der Waals surface area contributed by atoms with Gasteiger partial charge in [0.1, 0.15) is 41.5 Å². The molecular weight excluding hydrogens is 496 g/mol. The monoisotopic (exact) mass is 526 g/mol. The summed E-state index contributed by atoms with van der Waals surface area (Å²) in [6, 6.07) is 6.19. The van der Waals surface area contributed by atoms with Crippen molar-refractivity contribution in [3.8, 4) is 0 Å². The molecule has 0 aliphatic carbocycles. The third-order valence-corrected chi connectivity index (χ3v) is 7.47. The highest BCUT2D eigenvalue weighted by atomic mass is 32.2. The molecule has 2 amide bonds. The van der Waals surface area contributed by atoms with E-state index < -0.39 is 72.5 Å². The van der Waals surface area contributed by atoms with Gasteiger partial charge in [0.05, 0.1) is 12.6 Å². The van der Waals surface area contributed by atoms with E-state index in [-0.39, 0.29) is 5.70 Å². The Morgan fingerprint density at radius 1 is 1.22 bits per heavy atom. The minimum atomic E-state index is -1.35. The summed E-state index contributed by atoms with van der Waals surface area (Å²) < 4.78 is 4.70. The average molecular weight is 527 g/mol. The van der Waals surface area contributed by atoms with E-state index in [0.29, 0.717) is 16.9 Å². The lowest BCUT2D eigenvalue weighted by Gasteiger charge is -2.49. The molecule has 1 aromatic carbocycles. The normalized spacial score (nSPS) is 32.5. The molecule has 3 aliphatic heterocycles. The number of benzene rings is 1. The van der Waals surface area contributed by atoms with Gasteiger partial charge in [-0.25, -0.2) is 4.79 Å². The largest absolute Gasteiger partial charge is 0.477 e. The van der Waals surface area contributed by atoms with Crippen LogP contribution in [-0.4, -0.2) is 103 Å². The summed E-state index contributed by atoms with van der Waals surface area (Å²) in [5.41, 5.74) is 12.5. The van der Waals surface area contributed by atoms with Crippen molar-refractivity contribution in [2.75, 3.05) is 12.4 Å². The van der Waals surface area contributed by atoms with E-state index in [1.807, 2.05) is 6.07 Å². The van der Waals surface area contributed by atoms with Crippen LogP contribution in [0, 0.1) is 0 Å². The number of ether oxygens (including phenoxy) is 1. The maximum absolute atomic E-state index is 12.3. The van der Waals surface area contributed by atoms with Crippen LogP contribution in [0.2, 0.25) is 0 Å². The summed E-state index contributed by atoms with van der Waals surface area (Å²) in [6.07, 6.45) is -4.85. The summed E-state index contributed by atoms with van der Waals surface area (Å²) in [5, 5.41) is 47.6. The van der Waals surface area contributed by atoms with Gasteiger partial charge in [0.25, 0.3) is 5.91 Å². The molecule has 198 valence electrons. The van der Waals surface area contributed by atoms with Crippen LogP contribution in [0.3, 0.4) is 0 Å². The minimum Gasteiger partial charge on any atom is -0.477 e. The number of aliphatic carboxylic acids is 1. The molecule has 4 rings (SSSR count). The van der Waals surface area contributed by atoms with E-state index in [0.717, 1.165) is 0 Å². The number of carboxylic acids is 1. The van der Waals surface area contributed by atoms with Crippen LogP contribution in [0.15, 0.2) is 41.6 Å². The standard InChI is InChI=1S/C16H17N3O4S.C6H13NO5/c1-8-7-24-15-11(14(21)19(15)12(8)16(22)23)18-13(20)10(17)9-5-3-2-4-6-9;7-3-5(10)4(9)2(1-8)12-6(3)11/h2-6,10-11,15H,7,17H2,1H3,(H,18,20)(H,22,23);2-6,8-11H,1,7H2/t10-,11-,15-;2-,3-,4-,5-,6-/m11/s1. The van der Waals surface area contributed by atoms with Crippen LogP contribution < -0.4 is 16.8 Å². The van der Waals surface area contributed by atoms with Crippen molar-refractivity contribution in [1.82, 2.24) is 10.2 Å². The lowest BCUT2D eigenvalue weighted by atomic mass is 9.98. The second kappa shape index (κ2) is 11.7. The van der Waals surface area contributed by atoms with E-state index in [4.69, 9.17) is 26.4 Å². The van der Waals surface area contributed by atoms with Crippen molar-refractivity contribution in [2.45, 2.75) is 55.0 Å². The first kappa shape index (κ1) is 28.0. The first-order valence-corrected chi connectivity index (χ1v) is 12.1. The second-order valence-electron chi connectivity index (χ2n) is 8.52. The molecule has 10 N–H and O–H groups in total. The van der Waals surface area contributed by atoms with Gasteiger partial charge in [-0.05, 0) is 18.1 Å². The number of aliphatic hydroxyl groups excluding tert-OH is 4. The lowest BCUT2D eigenvalue weighted by Crippen LogP contribution is -2.71. The van der Waals surface area contributed by atoms with E-state index in [2.05, 4.69) is 5.32 Å². The van der Waals surface area contributed by atoms with Gasteiger partial charge in [-0.1, -0.05) is 30.3 Å². The van der Waals surface area contributed by atoms with Crippen molar-refractivity contribution in [2.24, 2.45) is 11.5 Å². The van der Waals surface area contributed by atoms with E-state index in [9.17, 15) is 29.7 Å². The van der Waals surface area contributed by atoms with E-state index >= 15 is 0 Å². The fourth-order valence-corrected chi connectivity index (χ4v) is 5.24. The Morgan fingerprint density at radius 3 is 2.44 bits per heavy atom. The highest BCUT2D eigenvalue weighted by Gasteiger charge is 2.54. The molecule has 0 saturated carbocycles. The minimum absolute atomic E-state index is 0.0154. The maximum atomic E-state index is 12.3. The molecule has 8 atom stereocenters. The Kier molecular flexibility index (Phi) is 9.08. The number of nitrogens with two attached hydrogens (primary N) is 2. The molecule has 2 saturated heterocycles. The van der Waals surface area contributed by atoms with Gasteiger partial charge in [0, 0.05) is 5.75 Å². The first-order chi connectivity index (χ1) is 17.0. The maximum Gasteiger partial charge on any atom is 0.352 e. The smallest absolute Gasteiger partial charge is 0.352 e. The zero-order valence-corrected chi connectivity index (χ0v) is 20.1. The van der Waals surface area contributed by atoms with E-state index in [1.165, 1.54) is 16.7 Å². The molecule has 0 bridgehead atoms. The molecule has 0 aromatic heterocycles. The van der Waals surface area contributed by atoms with Gasteiger partial charge in [-0.2, -0.15) is 0 Å². The number of rotatable bonds is 5. The molecular formula is C22H30N4O9S. The van der Waals surface area contributed by atoms with Crippen LogP contribution in [-0.2, 0) is 19.1 Å².